The Morgan fingerprint density at radius 3 is 0.884 bits per heavy atom. The molecule has 0 radical (unpaired) electrons. The number of benzene rings is 9. The van der Waals surface area contributed by atoms with Crippen LogP contribution in [0.2, 0.25) is 0 Å². The summed E-state index contributed by atoms with van der Waals surface area (Å²) in [6, 6.07) is 68.0. The van der Waals surface area contributed by atoms with Crippen molar-refractivity contribution < 1.29 is 28.4 Å². The molecule has 5 amide bonds. The van der Waals surface area contributed by atoms with Crippen LogP contribution in [-0.4, -0.2) is 219 Å². The second-order valence-electron chi connectivity index (χ2n) is 40.5. The third-order valence-corrected chi connectivity index (χ3v) is 29.6. The lowest BCUT2D eigenvalue weighted by atomic mass is 9.91. The number of carbonyl (C=O) groups excluding carboxylic acids is 5. The minimum absolute atomic E-state index is 0.139. The molecule has 5 aliphatic heterocycles. The van der Waals surface area contributed by atoms with E-state index in [4.69, 9.17) is 0 Å². The summed E-state index contributed by atoms with van der Waals surface area (Å²) < 4.78 is 24.4. The molecular formula is C116H124FN25O5. The van der Waals surface area contributed by atoms with Gasteiger partial charge in [0.05, 0.1) is 102 Å². The SMILES string of the molecule is CC(C)(C)C(=O)N1CCC(Cn2ncc3cc(-c4cn[nH]c4)ccc32)CC1.O=C(CCc1ccccc1)N1CCC(Cn2ncc3cc(-c4cn[nH]c4)ccc32)CC1.O=C(Cc1ccccc1)N1CCC(Cn2ncc3cc(-c4cn[nH]c4)ccc32)CC1.O=C(c1ccccc1)N1CCC(Cn2ncc3cc(-c4cn[nH]c4)ccc32)CC1.O=C(c1ccccc1F)N1CCC(Cn2ncc3cc(-c4cn[nH]c4)ccc32)CC1. The van der Waals surface area contributed by atoms with Crippen LogP contribution >= 0.6 is 0 Å². The molecule has 15 heterocycles. The van der Waals surface area contributed by atoms with E-state index >= 15 is 0 Å². The van der Waals surface area contributed by atoms with E-state index in [0.29, 0.717) is 55.5 Å². The Labute approximate surface area is 852 Å². The summed E-state index contributed by atoms with van der Waals surface area (Å²) in [5.74, 6) is 2.86. The lowest BCUT2D eigenvalue weighted by Gasteiger charge is -2.35. The van der Waals surface area contributed by atoms with Crippen molar-refractivity contribution in [2.45, 2.75) is 137 Å². The standard InChI is InChI=1S/C25H27N5O.C24H25N5O.C23H22FN5O.C23H23N5O.C21H27N5O/c31-25(9-6-19-4-2-1-3-5-19)29-12-10-20(11-13-29)18-30-24-8-7-21(14-22(24)17-28-30)23-15-26-27-16-23;30-24(12-18-4-2-1-3-5-18)28-10-8-19(9-11-28)17-29-23-7-6-20(13-21(23)16-27-29)22-14-25-26-15-22;24-21-4-2-1-3-20(21)23(30)28-9-7-16(8-10-28)15-29-22-6-5-17(11-18(22)14-27-29)19-12-25-26-13-19;29-23(18-4-2-1-3-5-18)27-10-8-17(9-11-27)16-28-22-7-6-19(12-20(22)15-26-28)21-13-24-25-14-21;1-21(2,3)20(27)25-8-6-15(7-9-25)14-26-19-5-4-16(10-17(19)13-24-26)18-11-22-23-12-18/h1-5,7-8,14-17,20H,6,9-13,18H2,(H,26,27);1-7,13-16,19H,8-12,17H2,(H,25,26);1-6,11-14,16H,7-10,15H2,(H,25,26);1-7,12-15,17H,8-11,16H2,(H,24,25);4-5,10-13,15H,6-9,14H2,1-3H3,(H,22,23). The van der Waals surface area contributed by atoms with Crippen LogP contribution in [0.15, 0.2) is 299 Å². The summed E-state index contributed by atoms with van der Waals surface area (Å²) in [5, 5.41) is 63.2. The number of halogens is 1. The van der Waals surface area contributed by atoms with Crippen molar-refractivity contribution in [3.05, 3.63) is 327 Å². The van der Waals surface area contributed by atoms with E-state index in [1.807, 2.05) is 217 Å². The smallest absolute Gasteiger partial charge is 0.256 e. The number of hydrogen-bond donors (Lipinski definition) is 5. The molecule has 5 fully saturated rings. The summed E-state index contributed by atoms with van der Waals surface area (Å²) in [5.41, 5.74) is 19.7. The van der Waals surface area contributed by atoms with Gasteiger partial charge in [0.15, 0.2) is 0 Å². The van der Waals surface area contributed by atoms with Crippen LogP contribution in [0.3, 0.4) is 0 Å². The largest absolute Gasteiger partial charge is 0.343 e. The summed E-state index contributed by atoms with van der Waals surface area (Å²) in [6.45, 7) is 18.4. The summed E-state index contributed by atoms with van der Waals surface area (Å²) in [6.07, 6.45) is 40.2. The van der Waals surface area contributed by atoms with Crippen LogP contribution in [0.25, 0.3) is 110 Å². The first kappa shape index (κ1) is 98.1. The highest BCUT2D eigenvalue weighted by atomic mass is 19.1. The molecule has 5 saturated heterocycles. The number of piperidine rings is 5. The molecule has 0 bridgehead atoms. The average molecular weight is 1970 g/mol. The number of aromatic nitrogens is 20. The van der Waals surface area contributed by atoms with Crippen LogP contribution in [0.4, 0.5) is 4.39 Å². The molecule has 0 aliphatic carbocycles. The van der Waals surface area contributed by atoms with Gasteiger partial charge in [0.25, 0.3) is 11.8 Å². The topological polar surface area (TPSA) is 334 Å². The highest BCUT2D eigenvalue weighted by Crippen LogP contribution is 2.36. The maximum absolute atomic E-state index is 13.9. The number of nitrogens with zero attached hydrogens (tertiary/aromatic N) is 20. The number of rotatable bonds is 22. The Bertz CT molecular complexity index is 7560. The summed E-state index contributed by atoms with van der Waals surface area (Å²) in [7, 11) is 0. The fourth-order valence-electron chi connectivity index (χ4n) is 21.0. The van der Waals surface area contributed by atoms with Crippen molar-refractivity contribution in [1.29, 1.82) is 0 Å². The van der Waals surface area contributed by atoms with Crippen molar-refractivity contribution in [1.82, 2.24) is 124 Å². The Hall–Kier alpha value is -16.3. The molecule has 750 valence electrons. The van der Waals surface area contributed by atoms with E-state index in [2.05, 4.69) is 198 Å². The highest BCUT2D eigenvalue weighted by molar-refractivity contribution is 5.96. The van der Waals surface area contributed by atoms with Gasteiger partial charge in [-0.15, -0.1) is 0 Å². The molecule has 147 heavy (non-hydrogen) atoms. The first-order valence-corrected chi connectivity index (χ1v) is 51.5. The first-order chi connectivity index (χ1) is 71.9. The second-order valence-corrected chi connectivity index (χ2v) is 40.5. The molecule has 5 aliphatic rings. The second kappa shape index (κ2) is 45.7. The highest BCUT2D eigenvalue weighted by Gasteiger charge is 2.34. The van der Waals surface area contributed by atoms with Crippen LogP contribution in [0, 0.1) is 40.8 Å². The van der Waals surface area contributed by atoms with Crippen LogP contribution in [0.5, 0.6) is 0 Å². The molecule has 30 nitrogen and oxygen atoms in total. The average Bonchev–Trinajstić information content (AvgIpc) is 1.68. The Kier molecular flexibility index (Phi) is 30.5. The van der Waals surface area contributed by atoms with Gasteiger partial charge in [-0.3, -0.25) is 72.9 Å². The van der Waals surface area contributed by atoms with Gasteiger partial charge in [-0.05, 0) is 224 Å². The maximum atomic E-state index is 13.9. The molecule has 19 aromatic rings. The van der Waals surface area contributed by atoms with Crippen molar-refractivity contribution in [2.24, 2.45) is 35.0 Å². The van der Waals surface area contributed by atoms with E-state index in [9.17, 15) is 28.4 Å². The van der Waals surface area contributed by atoms with E-state index in [0.717, 1.165) is 277 Å². The molecule has 9 aromatic carbocycles. The minimum atomic E-state index is -0.456. The van der Waals surface area contributed by atoms with Crippen LogP contribution in [0.1, 0.15) is 123 Å². The first-order valence-electron chi connectivity index (χ1n) is 51.5. The van der Waals surface area contributed by atoms with Crippen LogP contribution in [-0.2, 0) is 59.9 Å². The maximum Gasteiger partial charge on any atom is 0.256 e. The minimum Gasteiger partial charge on any atom is -0.343 e. The van der Waals surface area contributed by atoms with Crippen LogP contribution < -0.4 is 0 Å². The number of carbonyl (C=O) groups is 5. The zero-order valence-electron chi connectivity index (χ0n) is 83.3. The Morgan fingerprint density at radius 2 is 0.578 bits per heavy atom. The van der Waals surface area contributed by atoms with Gasteiger partial charge in [0.2, 0.25) is 17.7 Å². The molecular weight excluding hydrogens is 1840 g/mol. The van der Waals surface area contributed by atoms with E-state index < -0.39 is 5.82 Å². The molecule has 0 unspecified atom stereocenters. The van der Waals surface area contributed by atoms with Gasteiger partial charge in [0.1, 0.15) is 5.82 Å². The van der Waals surface area contributed by atoms with Gasteiger partial charge in [-0.2, -0.15) is 51.0 Å². The molecule has 0 spiro atoms. The number of aryl methyl sites for hydroxylation is 1. The molecule has 0 atom stereocenters. The molecule has 0 saturated carbocycles. The Balaban J connectivity index is 0.000000112. The third kappa shape index (κ3) is 24.0. The number of hydrogen-bond acceptors (Lipinski definition) is 15. The van der Waals surface area contributed by atoms with E-state index in [-0.39, 0.29) is 40.5 Å². The third-order valence-electron chi connectivity index (χ3n) is 29.6. The normalized spacial score (nSPS) is 15.2. The zero-order chi connectivity index (χ0) is 101. The number of amides is 5. The predicted octanol–water partition coefficient (Wildman–Crippen LogP) is 20.0. The van der Waals surface area contributed by atoms with Crippen molar-refractivity contribution in [3.63, 3.8) is 0 Å². The monoisotopic (exact) mass is 1970 g/mol. The van der Waals surface area contributed by atoms with Crippen molar-refractivity contribution in [3.8, 4) is 55.6 Å². The van der Waals surface area contributed by atoms with Crippen molar-refractivity contribution >= 4 is 84.1 Å². The number of H-pyrrole nitrogens is 5. The van der Waals surface area contributed by atoms with Gasteiger partial charge in [-0.1, -0.05) is 142 Å². The van der Waals surface area contributed by atoms with Crippen molar-refractivity contribution in [2.75, 3.05) is 65.4 Å². The van der Waals surface area contributed by atoms with Gasteiger partial charge in [0, 0.05) is 201 Å². The van der Waals surface area contributed by atoms with E-state index in [1.54, 1.807) is 23.1 Å². The number of aromatic amines is 5. The molecule has 5 N–H and O–H groups in total. The predicted molar refractivity (Wildman–Crippen MR) is 569 cm³/mol. The fraction of sp³-hybridized carbons (Fsp3) is 0.319. The van der Waals surface area contributed by atoms with E-state index in [1.165, 1.54) is 11.6 Å². The summed E-state index contributed by atoms with van der Waals surface area (Å²) >= 11 is 0. The summed E-state index contributed by atoms with van der Waals surface area (Å²) in [4.78, 5) is 72.7. The Morgan fingerprint density at radius 1 is 0.299 bits per heavy atom. The number of fused-ring (bicyclic) bond motifs is 5. The molecule has 10 aromatic heterocycles. The number of likely N-dealkylation sites (tertiary alicyclic amines) is 5. The zero-order valence-corrected chi connectivity index (χ0v) is 83.3. The fourth-order valence-corrected chi connectivity index (χ4v) is 21.0. The van der Waals surface area contributed by atoms with Gasteiger partial charge >= 0.3 is 0 Å². The quantitative estimate of drug-likeness (QED) is 0.0421. The molecule has 24 rings (SSSR count). The lowest BCUT2D eigenvalue weighted by Crippen LogP contribution is -2.44. The van der Waals surface area contributed by atoms with Gasteiger partial charge in [-0.25, -0.2) is 4.39 Å². The van der Waals surface area contributed by atoms with Gasteiger partial charge < -0.3 is 24.5 Å². The number of nitrogens with one attached hydrogen (secondary N) is 5. The molecule has 31 heteroatoms. The lowest BCUT2D eigenvalue weighted by molar-refractivity contribution is -0.141.